The Morgan fingerprint density at radius 2 is 1.79 bits per heavy atom. The topological polar surface area (TPSA) is 102 Å². The van der Waals surface area contributed by atoms with Gasteiger partial charge in [-0.25, -0.2) is 13.2 Å². The van der Waals surface area contributed by atoms with Gasteiger partial charge in [-0.2, -0.15) is 0 Å². The highest BCUT2D eigenvalue weighted by Crippen LogP contribution is 2.25. The van der Waals surface area contributed by atoms with E-state index >= 15 is 0 Å². The first-order chi connectivity index (χ1) is 13.7. The predicted molar refractivity (Wildman–Crippen MR) is 111 cm³/mol. The lowest BCUT2D eigenvalue weighted by Crippen LogP contribution is -2.45. The number of methoxy groups -OCH3 is 1. The van der Waals surface area contributed by atoms with E-state index < -0.39 is 27.9 Å². The van der Waals surface area contributed by atoms with E-state index in [-0.39, 0.29) is 6.61 Å². The zero-order valence-electron chi connectivity index (χ0n) is 16.7. The summed E-state index contributed by atoms with van der Waals surface area (Å²) in [6.45, 7) is 3.47. The highest BCUT2D eigenvalue weighted by atomic mass is 32.2. The molecule has 2 aromatic carbocycles. The van der Waals surface area contributed by atoms with E-state index in [9.17, 15) is 18.0 Å². The molecule has 0 aliphatic rings. The van der Waals surface area contributed by atoms with Gasteiger partial charge in [0, 0.05) is 11.8 Å². The molecule has 0 fully saturated rings. The van der Waals surface area contributed by atoms with Crippen molar-refractivity contribution in [3.63, 3.8) is 0 Å². The zero-order valence-corrected chi connectivity index (χ0v) is 17.5. The van der Waals surface area contributed by atoms with E-state index in [0.29, 0.717) is 22.7 Å². The molecule has 2 rings (SSSR count). The molecule has 1 atom stereocenters. The molecule has 2 aromatic rings. The number of amides is 1. The average molecular weight is 420 g/mol. The summed E-state index contributed by atoms with van der Waals surface area (Å²) in [5, 5.41) is 2.66. The van der Waals surface area contributed by atoms with Gasteiger partial charge in [0.05, 0.1) is 31.2 Å². The Balaban J connectivity index is 2.22. The van der Waals surface area contributed by atoms with Crippen LogP contribution in [0.2, 0.25) is 0 Å². The SMILES string of the molecule is CCOC(=O)c1ccc(NC(=O)[C@H](C)N(c2cccc(OC)c2)S(C)(=O)=O)cc1. The molecule has 1 N–H and O–H groups in total. The van der Waals surface area contributed by atoms with E-state index in [1.165, 1.54) is 26.2 Å². The van der Waals surface area contributed by atoms with Crippen molar-refractivity contribution in [2.24, 2.45) is 0 Å². The van der Waals surface area contributed by atoms with Crippen molar-refractivity contribution in [1.29, 1.82) is 0 Å². The van der Waals surface area contributed by atoms with Crippen molar-refractivity contribution in [1.82, 2.24) is 0 Å². The number of ether oxygens (including phenoxy) is 2. The van der Waals surface area contributed by atoms with Crippen LogP contribution in [0.1, 0.15) is 24.2 Å². The zero-order chi connectivity index (χ0) is 21.6. The molecule has 156 valence electrons. The predicted octanol–water partition coefficient (Wildman–Crippen LogP) is 2.67. The molecular formula is C20H24N2O6S. The number of hydrogen-bond donors (Lipinski definition) is 1. The lowest BCUT2D eigenvalue weighted by Gasteiger charge is -2.28. The number of esters is 1. The van der Waals surface area contributed by atoms with E-state index in [1.807, 2.05) is 0 Å². The Morgan fingerprint density at radius 1 is 1.14 bits per heavy atom. The largest absolute Gasteiger partial charge is 0.497 e. The van der Waals surface area contributed by atoms with Crippen LogP contribution in [0.4, 0.5) is 11.4 Å². The van der Waals surface area contributed by atoms with Crippen LogP contribution in [-0.4, -0.2) is 46.3 Å². The minimum absolute atomic E-state index is 0.264. The highest BCUT2D eigenvalue weighted by molar-refractivity contribution is 7.92. The Labute approximate surface area is 170 Å². The number of sulfonamides is 1. The molecule has 0 aliphatic carbocycles. The molecule has 0 aliphatic heterocycles. The summed E-state index contributed by atoms with van der Waals surface area (Å²) in [5.41, 5.74) is 1.09. The Morgan fingerprint density at radius 3 is 2.34 bits per heavy atom. The number of anilines is 2. The molecule has 0 saturated carbocycles. The van der Waals surface area contributed by atoms with Crippen LogP contribution in [-0.2, 0) is 19.6 Å². The second-order valence-corrected chi connectivity index (χ2v) is 8.08. The van der Waals surface area contributed by atoms with Crippen molar-refractivity contribution < 1.29 is 27.5 Å². The van der Waals surface area contributed by atoms with Gasteiger partial charge >= 0.3 is 5.97 Å². The molecule has 0 saturated heterocycles. The van der Waals surface area contributed by atoms with Crippen molar-refractivity contribution in [2.45, 2.75) is 19.9 Å². The third kappa shape index (κ3) is 5.71. The second-order valence-electron chi connectivity index (χ2n) is 6.22. The molecule has 0 unspecified atom stereocenters. The molecule has 9 heteroatoms. The van der Waals surface area contributed by atoms with Gasteiger partial charge in [-0.15, -0.1) is 0 Å². The maximum atomic E-state index is 12.7. The lowest BCUT2D eigenvalue weighted by atomic mass is 10.2. The van der Waals surface area contributed by atoms with Crippen LogP contribution < -0.4 is 14.4 Å². The smallest absolute Gasteiger partial charge is 0.338 e. The summed E-state index contributed by atoms with van der Waals surface area (Å²) in [6.07, 6.45) is 1.03. The van der Waals surface area contributed by atoms with Crippen molar-refractivity contribution >= 4 is 33.3 Å². The fourth-order valence-corrected chi connectivity index (χ4v) is 3.87. The second kappa shape index (κ2) is 9.42. The third-order valence-corrected chi connectivity index (χ3v) is 5.30. The Kier molecular flexibility index (Phi) is 7.22. The van der Waals surface area contributed by atoms with Crippen LogP contribution in [0.5, 0.6) is 5.75 Å². The van der Waals surface area contributed by atoms with E-state index in [2.05, 4.69) is 5.32 Å². The highest BCUT2D eigenvalue weighted by Gasteiger charge is 2.29. The van der Waals surface area contributed by atoms with Gasteiger partial charge in [-0.3, -0.25) is 9.10 Å². The van der Waals surface area contributed by atoms with E-state index in [4.69, 9.17) is 9.47 Å². The number of benzene rings is 2. The molecular weight excluding hydrogens is 396 g/mol. The lowest BCUT2D eigenvalue weighted by molar-refractivity contribution is -0.116. The van der Waals surface area contributed by atoms with Gasteiger partial charge < -0.3 is 14.8 Å². The fourth-order valence-electron chi connectivity index (χ4n) is 2.71. The first kappa shape index (κ1) is 22.2. The molecule has 29 heavy (non-hydrogen) atoms. The van der Waals surface area contributed by atoms with Crippen LogP contribution in [0.15, 0.2) is 48.5 Å². The molecule has 0 radical (unpaired) electrons. The van der Waals surface area contributed by atoms with E-state index in [1.54, 1.807) is 43.3 Å². The monoisotopic (exact) mass is 420 g/mol. The maximum absolute atomic E-state index is 12.7. The van der Waals surface area contributed by atoms with Crippen LogP contribution in [0.25, 0.3) is 0 Å². The van der Waals surface area contributed by atoms with E-state index in [0.717, 1.165) is 10.6 Å². The normalized spacial score (nSPS) is 12.0. The minimum Gasteiger partial charge on any atom is -0.497 e. The third-order valence-electron chi connectivity index (χ3n) is 4.06. The average Bonchev–Trinajstić information content (AvgIpc) is 2.67. The molecule has 8 nitrogen and oxygen atoms in total. The molecule has 0 spiro atoms. The van der Waals surface area contributed by atoms with Crippen molar-refractivity contribution in [3.8, 4) is 5.75 Å². The fraction of sp³-hybridized carbons (Fsp3) is 0.300. The van der Waals surface area contributed by atoms with Gasteiger partial charge in [0.1, 0.15) is 11.8 Å². The number of rotatable bonds is 8. The van der Waals surface area contributed by atoms with Crippen LogP contribution in [0.3, 0.4) is 0 Å². The number of nitrogens with zero attached hydrogens (tertiary/aromatic N) is 1. The first-order valence-electron chi connectivity index (χ1n) is 8.89. The summed E-state index contributed by atoms with van der Waals surface area (Å²) in [5.74, 6) is -0.513. The molecule has 0 heterocycles. The van der Waals surface area contributed by atoms with Gasteiger partial charge in [0.15, 0.2) is 0 Å². The number of carbonyl (C=O) groups excluding carboxylic acids is 2. The van der Waals surface area contributed by atoms with Gasteiger partial charge in [0.2, 0.25) is 15.9 Å². The first-order valence-corrected chi connectivity index (χ1v) is 10.7. The quantitative estimate of drug-likeness (QED) is 0.659. The molecule has 0 aromatic heterocycles. The summed E-state index contributed by atoms with van der Waals surface area (Å²) in [6, 6.07) is 11.6. The Hall–Kier alpha value is -3.07. The number of nitrogens with one attached hydrogen (secondary N) is 1. The van der Waals surface area contributed by atoms with Crippen LogP contribution >= 0.6 is 0 Å². The standard InChI is InChI=1S/C20H24N2O6S/c1-5-28-20(24)15-9-11-16(12-10-15)21-19(23)14(2)22(29(4,25)26)17-7-6-8-18(13-17)27-3/h6-14H,5H2,1-4H3,(H,21,23)/t14-/m0/s1. The van der Waals surface area contributed by atoms with Gasteiger partial charge in [0.25, 0.3) is 0 Å². The van der Waals surface area contributed by atoms with Gasteiger partial charge in [-0.05, 0) is 50.2 Å². The summed E-state index contributed by atoms with van der Waals surface area (Å²) in [4.78, 5) is 24.4. The van der Waals surface area contributed by atoms with Crippen molar-refractivity contribution in [3.05, 3.63) is 54.1 Å². The van der Waals surface area contributed by atoms with Crippen molar-refractivity contribution in [2.75, 3.05) is 29.6 Å². The number of hydrogen-bond acceptors (Lipinski definition) is 6. The molecule has 0 bridgehead atoms. The van der Waals surface area contributed by atoms with Gasteiger partial charge in [-0.1, -0.05) is 6.07 Å². The molecule has 1 amide bonds. The summed E-state index contributed by atoms with van der Waals surface area (Å²) >= 11 is 0. The summed E-state index contributed by atoms with van der Waals surface area (Å²) in [7, 11) is -2.28. The van der Waals surface area contributed by atoms with Crippen LogP contribution in [0, 0.1) is 0 Å². The number of carbonyl (C=O) groups is 2. The maximum Gasteiger partial charge on any atom is 0.338 e. The Bertz CT molecular complexity index is 973. The minimum atomic E-state index is -3.75. The summed E-state index contributed by atoms with van der Waals surface area (Å²) < 4.78 is 35.8.